The summed E-state index contributed by atoms with van der Waals surface area (Å²) in [6.45, 7) is 6.02. The van der Waals surface area contributed by atoms with Gasteiger partial charge in [-0.1, -0.05) is 42.5 Å². The number of benzene rings is 2. The van der Waals surface area contributed by atoms with Crippen LogP contribution in [0.4, 0.5) is 4.39 Å². The van der Waals surface area contributed by atoms with E-state index in [1.165, 1.54) is 0 Å². The summed E-state index contributed by atoms with van der Waals surface area (Å²) in [7, 11) is 0. The Balaban J connectivity index is 2.30. The summed E-state index contributed by atoms with van der Waals surface area (Å²) in [5.74, 6) is -0.698. The summed E-state index contributed by atoms with van der Waals surface area (Å²) < 4.78 is 14.2. The predicted molar refractivity (Wildman–Crippen MR) is 82.6 cm³/mol. The smallest absolute Gasteiger partial charge is 0.257 e. The molecule has 0 aliphatic heterocycles. The molecule has 2 aromatic rings. The molecule has 1 amide bonds. The fourth-order valence-corrected chi connectivity index (χ4v) is 2.24. The molecule has 0 unspecified atom stereocenters. The van der Waals surface area contributed by atoms with Crippen molar-refractivity contribution < 1.29 is 9.18 Å². The van der Waals surface area contributed by atoms with E-state index in [0.29, 0.717) is 12.1 Å². The minimum absolute atomic E-state index is 0.00221. The molecule has 0 heterocycles. The van der Waals surface area contributed by atoms with Crippen LogP contribution in [-0.4, -0.2) is 16.8 Å². The number of carbonyl (C=O) groups is 1. The van der Waals surface area contributed by atoms with Gasteiger partial charge >= 0.3 is 0 Å². The summed E-state index contributed by atoms with van der Waals surface area (Å²) in [5, 5.41) is 0. The van der Waals surface area contributed by atoms with Gasteiger partial charge in [0.15, 0.2) is 0 Å². The zero-order chi connectivity index (χ0) is 15.4. The van der Waals surface area contributed by atoms with Gasteiger partial charge in [0, 0.05) is 12.6 Å². The Bertz CT molecular complexity index is 622. The highest BCUT2D eigenvalue weighted by atomic mass is 19.1. The summed E-state index contributed by atoms with van der Waals surface area (Å²) in [4.78, 5) is 14.3. The molecule has 0 aliphatic carbocycles. The quantitative estimate of drug-likeness (QED) is 0.825. The highest BCUT2D eigenvalue weighted by Crippen LogP contribution is 2.18. The van der Waals surface area contributed by atoms with Gasteiger partial charge in [0.25, 0.3) is 5.91 Å². The molecule has 0 saturated heterocycles. The molecule has 0 fully saturated rings. The van der Waals surface area contributed by atoms with Crippen LogP contribution in [0, 0.1) is 12.7 Å². The summed E-state index contributed by atoms with van der Waals surface area (Å²) in [6.07, 6.45) is 0. The maximum Gasteiger partial charge on any atom is 0.257 e. The van der Waals surface area contributed by atoms with Crippen LogP contribution in [0.5, 0.6) is 0 Å². The van der Waals surface area contributed by atoms with Crippen molar-refractivity contribution in [3.8, 4) is 0 Å². The van der Waals surface area contributed by atoms with E-state index in [9.17, 15) is 9.18 Å². The van der Waals surface area contributed by atoms with Crippen molar-refractivity contribution in [2.75, 3.05) is 0 Å². The Morgan fingerprint density at radius 3 is 2.38 bits per heavy atom. The molecule has 0 N–H and O–H groups in total. The molecule has 0 spiro atoms. The van der Waals surface area contributed by atoms with E-state index in [0.717, 1.165) is 5.56 Å². The maximum atomic E-state index is 14.2. The lowest BCUT2D eigenvalue weighted by Gasteiger charge is -2.27. The van der Waals surface area contributed by atoms with Crippen LogP contribution < -0.4 is 0 Å². The fraction of sp³-hybridized carbons (Fsp3) is 0.278. The molecular formula is C18H20FNO. The zero-order valence-corrected chi connectivity index (χ0v) is 12.6. The van der Waals surface area contributed by atoms with Gasteiger partial charge in [-0.3, -0.25) is 4.79 Å². The molecule has 0 saturated carbocycles. The van der Waals surface area contributed by atoms with Crippen LogP contribution in [-0.2, 0) is 6.54 Å². The van der Waals surface area contributed by atoms with Crippen molar-refractivity contribution in [1.29, 1.82) is 0 Å². The molecule has 0 aromatic heterocycles. The van der Waals surface area contributed by atoms with Gasteiger partial charge in [-0.25, -0.2) is 4.39 Å². The largest absolute Gasteiger partial charge is 0.332 e. The second kappa shape index (κ2) is 6.53. The molecule has 0 aliphatic rings. The molecule has 0 radical (unpaired) electrons. The van der Waals surface area contributed by atoms with Gasteiger partial charge in [-0.05, 0) is 38.0 Å². The van der Waals surface area contributed by atoms with E-state index < -0.39 is 5.82 Å². The van der Waals surface area contributed by atoms with E-state index in [1.807, 2.05) is 44.2 Å². The van der Waals surface area contributed by atoms with Gasteiger partial charge in [-0.15, -0.1) is 0 Å². The van der Waals surface area contributed by atoms with Crippen LogP contribution in [0.1, 0.15) is 35.3 Å². The number of hydrogen-bond acceptors (Lipinski definition) is 1. The number of amides is 1. The predicted octanol–water partition coefficient (Wildman–Crippen LogP) is 4.18. The van der Waals surface area contributed by atoms with Crippen LogP contribution in [0.2, 0.25) is 0 Å². The SMILES string of the molecule is Cc1cccc(C(=O)N(Cc2ccccc2)C(C)C)c1F. The lowest BCUT2D eigenvalue weighted by molar-refractivity contribution is 0.0685. The van der Waals surface area contributed by atoms with E-state index >= 15 is 0 Å². The van der Waals surface area contributed by atoms with Crippen molar-refractivity contribution in [2.45, 2.75) is 33.4 Å². The number of aryl methyl sites for hydroxylation is 1. The maximum absolute atomic E-state index is 14.2. The molecular weight excluding hydrogens is 265 g/mol. The third-order valence-corrected chi connectivity index (χ3v) is 3.50. The topological polar surface area (TPSA) is 20.3 Å². The van der Waals surface area contributed by atoms with Crippen molar-refractivity contribution in [3.05, 3.63) is 71.0 Å². The Kier molecular flexibility index (Phi) is 4.73. The van der Waals surface area contributed by atoms with Crippen molar-refractivity contribution in [1.82, 2.24) is 4.90 Å². The van der Waals surface area contributed by atoms with Gasteiger partial charge < -0.3 is 4.90 Å². The third-order valence-electron chi connectivity index (χ3n) is 3.50. The lowest BCUT2D eigenvalue weighted by atomic mass is 10.1. The monoisotopic (exact) mass is 285 g/mol. The number of hydrogen-bond donors (Lipinski definition) is 0. The first-order valence-corrected chi connectivity index (χ1v) is 7.10. The second-order valence-electron chi connectivity index (χ2n) is 5.45. The number of rotatable bonds is 4. The number of carbonyl (C=O) groups excluding carboxylic acids is 1. The molecule has 0 bridgehead atoms. The van der Waals surface area contributed by atoms with E-state index in [4.69, 9.17) is 0 Å². The molecule has 21 heavy (non-hydrogen) atoms. The van der Waals surface area contributed by atoms with E-state index in [-0.39, 0.29) is 17.5 Å². The van der Waals surface area contributed by atoms with Crippen LogP contribution >= 0.6 is 0 Å². The number of nitrogens with zero attached hydrogens (tertiary/aromatic N) is 1. The molecule has 2 aromatic carbocycles. The van der Waals surface area contributed by atoms with Gasteiger partial charge in [-0.2, -0.15) is 0 Å². The summed E-state index contributed by atoms with van der Waals surface area (Å²) in [5.41, 5.74) is 1.66. The Morgan fingerprint density at radius 1 is 1.10 bits per heavy atom. The highest BCUT2D eigenvalue weighted by molar-refractivity contribution is 5.94. The zero-order valence-electron chi connectivity index (χ0n) is 12.6. The fourth-order valence-electron chi connectivity index (χ4n) is 2.24. The third kappa shape index (κ3) is 3.48. The van der Waals surface area contributed by atoms with E-state index in [2.05, 4.69) is 0 Å². The number of halogens is 1. The molecule has 0 atom stereocenters. The molecule has 2 nitrogen and oxygen atoms in total. The summed E-state index contributed by atoms with van der Waals surface area (Å²) in [6, 6.07) is 14.7. The van der Waals surface area contributed by atoms with Crippen LogP contribution in [0.15, 0.2) is 48.5 Å². The normalized spacial score (nSPS) is 10.7. The first-order valence-electron chi connectivity index (χ1n) is 7.10. The minimum atomic E-state index is -0.429. The van der Waals surface area contributed by atoms with Gasteiger partial charge in [0.05, 0.1) is 5.56 Å². The average molecular weight is 285 g/mol. The highest BCUT2D eigenvalue weighted by Gasteiger charge is 2.22. The second-order valence-corrected chi connectivity index (χ2v) is 5.45. The summed E-state index contributed by atoms with van der Waals surface area (Å²) >= 11 is 0. The Morgan fingerprint density at radius 2 is 1.76 bits per heavy atom. The van der Waals surface area contributed by atoms with Crippen molar-refractivity contribution >= 4 is 5.91 Å². The molecule has 110 valence electrons. The minimum Gasteiger partial charge on any atom is -0.332 e. The van der Waals surface area contributed by atoms with Crippen LogP contribution in [0.3, 0.4) is 0 Å². The Hall–Kier alpha value is -2.16. The first kappa shape index (κ1) is 15.2. The lowest BCUT2D eigenvalue weighted by Crippen LogP contribution is -2.37. The van der Waals surface area contributed by atoms with Crippen molar-refractivity contribution in [2.24, 2.45) is 0 Å². The van der Waals surface area contributed by atoms with E-state index in [1.54, 1.807) is 30.0 Å². The van der Waals surface area contributed by atoms with Crippen LogP contribution in [0.25, 0.3) is 0 Å². The average Bonchev–Trinajstić information content (AvgIpc) is 2.48. The van der Waals surface area contributed by atoms with Gasteiger partial charge in [0.1, 0.15) is 5.82 Å². The molecule has 2 rings (SSSR count). The van der Waals surface area contributed by atoms with Crippen molar-refractivity contribution in [3.63, 3.8) is 0 Å². The standard InChI is InChI=1S/C18H20FNO/c1-13(2)20(12-15-9-5-4-6-10-15)18(21)16-11-7-8-14(3)17(16)19/h4-11,13H,12H2,1-3H3. The van der Waals surface area contributed by atoms with Gasteiger partial charge in [0.2, 0.25) is 0 Å². The first-order chi connectivity index (χ1) is 10.0. The molecule has 3 heteroatoms. The Labute approximate surface area is 125 Å².